The summed E-state index contributed by atoms with van der Waals surface area (Å²) in [5.74, 6) is 0.695. The van der Waals surface area contributed by atoms with Crippen molar-refractivity contribution < 1.29 is 22.5 Å². The van der Waals surface area contributed by atoms with Crippen molar-refractivity contribution >= 4 is 22.9 Å². The zero-order valence-corrected chi connectivity index (χ0v) is 17.4. The van der Waals surface area contributed by atoms with Crippen LogP contribution in [0.25, 0.3) is 10.6 Å². The number of piperazine rings is 1. The summed E-state index contributed by atoms with van der Waals surface area (Å²) in [6.45, 7) is 1.91. The van der Waals surface area contributed by atoms with Gasteiger partial charge in [-0.25, -0.2) is 0 Å². The molecular weight excluding hydrogens is 427 g/mol. The molecule has 2 aromatic heterocycles. The Morgan fingerprint density at radius 1 is 1.06 bits per heavy atom. The van der Waals surface area contributed by atoms with Crippen LogP contribution in [0, 0.1) is 0 Å². The molecule has 2 aliphatic rings. The monoisotopic (exact) mass is 447 g/mol. The SMILES string of the molecule is O=C(N1CCN(c2cccc(C(F)(F)F)c2)CC1)C1(c2cc(-c3cccs3)on2)CC1. The second-order valence-corrected chi connectivity index (χ2v) is 8.91. The number of hydrogen-bond donors (Lipinski definition) is 0. The normalized spacial score (nSPS) is 18.3. The molecule has 0 atom stereocenters. The largest absolute Gasteiger partial charge is 0.416 e. The number of carbonyl (C=O) groups is 1. The first-order chi connectivity index (χ1) is 14.9. The highest BCUT2D eigenvalue weighted by molar-refractivity contribution is 7.13. The lowest BCUT2D eigenvalue weighted by molar-refractivity contribution is -0.137. The van der Waals surface area contributed by atoms with Crippen LogP contribution in [0.2, 0.25) is 0 Å². The maximum absolute atomic E-state index is 13.3. The molecule has 1 aromatic carbocycles. The average Bonchev–Trinajstić information content (AvgIpc) is 3.17. The highest BCUT2D eigenvalue weighted by Crippen LogP contribution is 2.50. The van der Waals surface area contributed by atoms with Crippen molar-refractivity contribution in [2.24, 2.45) is 0 Å². The zero-order chi connectivity index (χ0) is 21.6. The first kappa shape index (κ1) is 20.1. The van der Waals surface area contributed by atoms with Gasteiger partial charge in [0.15, 0.2) is 5.76 Å². The number of thiophene rings is 1. The molecule has 5 nitrogen and oxygen atoms in total. The molecule has 1 aliphatic carbocycles. The topological polar surface area (TPSA) is 49.6 Å². The molecule has 162 valence electrons. The fourth-order valence-corrected chi connectivity index (χ4v) is 4.76. The summed E-state index contributed by atoms with van der Waals surface area (Å²) in [5, 5.41) is 6.14. The molecule has 1 saturated carbocycles. The molecule has 9 heteroatoms. The van der Waals surface area contributed by atoms with Gasteiger partial charge in [0.2, 0.25) is 5.91 Å². The van der Waals surface area contributed by atoms with Gasteiger partial charge in [-0.3, -0.25) is 4.79 Å². The maximum atomic E-state index is 13.3. The summed E-state index contributed by atoms with van der Waals surface area (Å²) in [7, 11) is 0. The Kier molecular flexibility index (Phi) is 4.80. The van der Waals surface area contributed by atoms with Crippen LogP contribution in [0.5, 0.6) is 0 Å². The summed E-state index contributed by atoms with van der Waals surface area (Å²) >= 11 is 1.55. The van der Waals surface area contributed by atoms with E-state index < -0.39 is 17.2 Å². The molecule has 3 heterocycles. The lowest BCUT2D eigenvalue weighted by Gasteiger charge is -2.37. The molecule has 5 rings (SSSR count). The van der Waals surface area contributed by atoms with E-state index in [1.807, 2.05) is 28.5 Å². The standard InChI is InChI=1S/C22H20F3N3O2S/c23-22(24,25)15-3-1-4-16(13-15)27-8-10-28(11-9-27)20(29)21(6-7-21)19-14-17(30-26-19)18-5-2-12-31-18/h1-5,12-14H,6-11H2. The van der Waals surface area contributed by atoms with Crippen molar-refractivity contribution in [3.05, 3.63) is 59.1 Å². The second kappa shape index (κ2) is 7.40. The molecule has 3 aromatic rings. The van der Waals surface area contributed by atoms with E-state index in [-0.39, 0.29) is 5.91 Å². The third kappa shape index (κ3) is 3.71. The van der Waals surface area contributed by atoms with E-state index in [1.54, 1.807) is 22.3 Å². The molecule has 1 amide bonds. The number of rotatable bonds is 4. The number of halogens is 3. The van der Waals surface area contributed by atoms with Crippen molar-refractivity contribution in [3.8, 4) is 10.6 Å². The summed E-state index contributed by atoms with van der Waals surface area (Å²) in [6.07, 6.45) is -2.90. The highest BCUT2D eigenvalue weighted by Gasteiger charge is 2.55. The molecule has 0 radical (unpaired) electrons. The van der Waals surface area contributed by atoms with Crippen molar-refractivity contribution in [3.63, 3.8) is 0 Å². The van der Waals surface area contributed by atoms with Crippen LogP contribution >= 0.6 is 11.3 Å². The highest BCUT2D eigenvalue weighted by atomic mass is 32.1. The first-order valence-electron chi connectivity index (χ1n) is 10.1. The Balaban J connectivity index is 1.26. The number of amides is 1. The van der Waals surface area contributed by atoms with Crippen LogP contribution in [-0.2, 0) is 16.4 Å². The first-order valence-corrected chi connectivity index (χ1v) is 11.0. The molecule has 0 bridgehead atoms. The lowest BCUT2D eigenvalue weighted by atomic mass is 9.99. The fourth-order valence-electron chi connectivity index (χ4n) is 4.09. The summed E-state index contributed by atoms with van der Waals surface area (Å²) in [5.41, 5.74) is -0.0911. The molecule has 1 saturated heterocycles. The minimum Gasteiger partial charge on any atom is -0.368 e. The van der Waals surface area contributed by atoms with Gasteiger partial charge in [-0.05, 0) is 42.5 Å². The molecule has 0 N–H and O–H groups in total. The Morgan fingerprint density at radius 3 is 2.48 bits per heavy atom. The van der Waals surface area contributed by atoms with E-state index in [4.69, 9.17) is 4.52 Å². The predicted octanol–water partition coefficient (Wildman–Crippen LogP) is 4.80. The second-order valence-electron chi connectivity index (χ2n) is 7.96. The van der Waals surface area contributed by atoms with E-state index in [9.17, 15) is 18.0 Å². The Hall–Kier alpha value is -2.81. The van der Waals surface area contributed by atoms with Crippen molar-refractivity contribution in [1.29, 1.82) is 0 Å². The number of nitrogens with zero attached hydrogens (tertiary/aromatic N) is 3. The number of aromatic nitrogens is 1. The van der Waals surface area contributed by atoms with Gasteiger partial charge in [-0.2, -0.15) is 13.2 Å². The van der Waals surface area contributed by atoms with Crippen LogP contribution in [-0.4, -0.2) is 42.1 Å². The van der Waals surface area contributed by atoms with Crippen LogP contribution in [0.15, 0.2) is 52.4 Å². The van der Waals surface area contributed by atoms with Gasteiger partial charge in [0.1, 0.15) is 0 Å². The minimum atomic E-state index is -4.37. The molecule has 31 heavy (non-hydrogen) atoms. The van der Waals surface area contributed by atoms with Gasteiger partial charge in [0, 0.05) is 37.9 Å². The Labute approximate surface area is 181 Å². The Bertz CT molecular complexity index is 1080. The van der Waals surface area contributed by atoms with E-state index in [1.165, 1.54) is 12.1 Å². The molecule has 1 aliphatic heterocycles. The fraction of sp³-hybridized carbons (Fsp3) is 0.364. The summed E-state index contributed by atoms with van der Waals surface area (Å²) in [6, 6.07) is 11.1. The van der Waals surface area contributed by atoms with Gasteiger partial charge < -0.3 is 14.3 Å². The van der Waals surface area contributed by atoms with E-state index in [2.05, 4.69) is 5.16 Å². The third-order valence-electron chi connectivity index (χ3n) is 6.03. The molecular formula is C22H20F3N3O2S. The van der Waals surface area contributed by atoms with Gasteiger partial charge in [0.25, 0.3) is 0 Å². The van der Waals surface area contributed by atoms with Gasteiger partial charge in [-0.15, -0.1) is 11.3 Å². The smallest absolute Gasteiger partial charge is 0.368 e. The Morgan fingerprint density at radius 2 is 1.84 bits per heavy atom. The summed E-state index contributed by atoms with van der Waals surface area (Å²) < 4.78 is 44.5. The minimum absolute atomic E-state index is 0.0298. The molecule has 0 unspecified atom stereocenters. The summed E-state index contributed by atoms with van der Waals surface area (Å²) in [4.78, 5) is 18.0. The average molecular weight is 447 g/mol. The van der Waals surface area contributed by atoms with E-state index in [0.29, 0.717) is 43.3 Å². The van der Waals surface area contributed by atoms with Crippen LogP contribution in [0.4, 0.5) is 18.9 Å². The van der Waals surface area contributed by atoms with Crippen molar-refractivity contribution in [1.82, 2.24) is 10.1 Å². The van der Waals surface area contributed by atoms with Gasteiger partial charge in [-0.1, -0.05) is 17.3 Å². The predicted molar refractivity (Wildman–Crippen MR) is 111 cm³/mol. The number of carbonyl (C=O) groups excluding carboxylic acids is 1. The molecule has 2 fully saturated rings. The van der Waals surface area contributed by atoms with Gasteiger partial charge in [0.05, 0.1) is 21.5 Å². The van der Waals surface area contributed by atoms with E-state index >= 15 is 0 Å². The van der Waals surface area contributed by atoms with E-state index in [0.717, 1.165) is 23.8 Å². The quantitative estimate of drug-likeness (QED) is 0.577. The number of benzene rings is 1. The van der Waals surface area contributed by atoms with Crippen molar-refractivity contribution in [2.75, 3.05) is 31.1 Å². The van der Waals surface area contributed by atoms with Crippen LogP contribution < -0.4 is 4.90 Å². The number of anilines is 1. The number of hydrogen-bond acceptors (Lipinski definition) is 5. The lowest BCUT2D eigenvalue weighted by Crippen LogP contribution is -2.51. The van der Waals surface area contributed by atoms with Crippen molar-refractivity contribution in [2.45, 2.75) is 24.4 Å². The zero-order valence-electron chi connectivity index (χ0n) is 16.6. The number of alkyl halides is 3. The third-order valence-corrected chi connectivity index (χ3v) is 6.91. The van der Waals surface area contributed by atoms with Crippen LogP contribution in [0.3, 0.4) is 0 Å². The molecule has 0 spiro atoms. The van der Waals surface area contributed by atoms with Crippen LogP contribution in [0.1, 0.15) is 24.1 Å². The van der Waals surface area contributed by atoms with Gasteiger partial charge >= 0.3 is 6.18 Å². The maximum Gasteiger partial charge on any atom is 0.416 e.